The quantitative estimate of drug-likeness (QED) is 0.213. The molecule has 0 bridgehead atoms. The number of hydrogen-bond acceptors (Lipinski definition) is 7. The molecular weight excluding hydrogens is 543 g/mol. The molecule has 41 heavy (non-hydrogen) atoms. The van der Waals surface area contributed by atoms with Crippen molar-refractivity contribution in [3.8, 4) is 22.9 Å². The van der Waals surface area contributed by atoms with Crippen LogP contribution in [0.2, 0.25) is 0 Å². The first-order chi connectivity index (χ1) is 19.6. The van der Waals surface area contributed by atoms with Crippen molar-refractivity contribution in [2.75, 3.05) is 20.8 Å². The molecule has 0 aliphatic carbocycles. The topological polar surface area (TPSA) is 135 Å². The van der Waals surface area contributed by atoms with Crippen LogP contribution in [0.3, 0.4) is 0 Å². The summed E-state index contributed by atoms with van der Waals surface area (Å²) in [5.74, 6) is -1.73. The second kappa shape index (κ2) is 12.3. The molecule has 0 aliphatic rings. The molecule has 13 heteroatoms. The normalized spacial score (nSPS) is 12.2. The monoisotopic (exact) mass is 571 g/mol. The van der Waals surface area contributed by atoms with Crippen molar-refractivity contribution < 1.29 is 37.7 Å². The zero-order chi connectivity index (χ0) is 29.7. The molecule has 4 aromatic heterocycles. The number of aliphatic hydroxyl groups excluding tert-OH is 1. The molecule has 0 radical (unpaired) electrons. The number of halogens is 3. The molecule has 0 aliphatic heterocycles. The van der Waals surface area contributed by atoms with E-state index in [1.807, 2.05) is 60.3 Å². The Kier molecular flexibility index (Phi) is 8.79. The highest BCUT2D eigenvalue weighted by Crippen LogP contribution is 2.36. The van der Waals surface area contributed by atoms with Crippen LogP contribution < -0.4 is 14.8 Å². The minimum Gasteiger partial charge on any atom is -0.491 e. The van der Waals surface area contributed by atoms with Gasteiger partial charge in [-0.25, -0.2) is 14.8 Å². The van der Waals surface area contributed by atoms with Gasteiger partial charge in [0.05, 0.1) is 38.1 Å². The lowest BCUT2D eigenvalue weighted by Crippen LogP contribution is -2.24. The van der Waals surface area contributed by atoms with Crippen LogP contribution in [0.25, 0.3) is 33.3 Å². The van der Waals surface area contributed by atoms with Gasteiger partial charge in [0.25, 0.3) is 5.88 Å². The summed E-state index contributed by atoms with van der Waals surface area (Å²) >= 11 is 0. The number of carboxylic acid groups (broad SMARTS) is 1. The van der Waals surface area contributed by atoms with Gasteiger partial charge in [0.15, 0.2) is 5.75 Å². The van der Waals surface area contributed by atoms with Crippen LogP contribution in [0, 0.1) is 0 Å². The van der Waals surface area contributed by atoms with E-state index in [4.69, 9.17) is 24.4 Å². The van der Waals surface area contributed by atoms with E-state index in [9.17, 15) is 18.3 Å². The standard InChI is InChI=1S/C26H27N5O3.C2HF3O2/c1-31-14-19(24-22(31)12-23(33-2)26(30-24)34-3)20-11-18-17(9-10-27-25(18)29-20)13-28-21(15-32)16-7-5-4-6-8-16;3-2(4,5)1(6)7/h4-12,14,21,28,32H,13,15H2,1-3H3,(H,27,29);(H,6,7). The van der Waals surface area contributed by atoms with E-state index in [0.717, 1.165) is 44.5 Å². The van der Waals surface area contributed by atoms with Crippen LogP contribution in [0.5, 0.6) is 11.6 Å². The highest BCUT2D eigenvalue weighted by Gasteiger charge is 2.38. The first-order valence-corrected chi connectivity index (χ1v) is 12.3. The van der Waals surface area contributed by atoms with Crippen molar-refractivity contribution >= 4 is 28.0 Å². The first-order valence-electron chi connectivity index (χ1n) is 12.3. The predicted octanol–water partition coefficient (Wildman–Crippen LogP) is 4.59. The molecule has 4 N–H and O–H groups in total. The molecular formula is C28H28F3N5O5. The SMILES string of the molecule is COc1cc2c(nc1OC)c(-c1cc3c(CNC(CO)c4ccccc4)ccnc3[nH]1)cn2C.O=C(O)C(F)(F)F. The van der Waals surface area contributed by atoms with Gasteiger partial charge in [0, 0.05) is 43.0 Å². The van der Waals surface area contributed by atoms with Crippen molar-refractivity contribution in [1.29, 1.82) is 0 Å². The van der Waals surface area contributed by atoms with Crippen LogP contribution in [-0.2, 0) is 18.4 Å². The summed E-state index contributed by atoms with van der Waals surface area (Å²) in [5.41, 5.74) is 6.57. The number of carboxylic acids is 1. The third-order valence-corrected chi connectivity index (χ3v) is 6.38. The predicted molar refractivity (Wildman–Crippen MR) is 146 cm³/mol. The van der Waals surface area contributed by atoms with E-state index in [0.29, 0.717) is 18.2 Å². The molecule has 10 nitrogen and oxygen atoms in total. The Morgan fingerprint density at radius 3 is 2.46 bits per heavy atom. The lowest BCUT2D eigenvalue weighted by Gasteiger charge is -2.17. The Balaban J connectivity index is 0.000000493. The number of aromatic amines is 1. The number of methoxy groups -OCH3 is 2. The molecule has 0 saturated carbocycles. The van der Waals surface area contributed by atoms with Crippen LogP contribution in [0.1, 0.15) is 17.2 Å². The number of aromatic nitrogens is 4. The summed E-state index contributed by atoms with van der Waals surface area (Å²) in [5, 5.41) is 21.5. The highest BCUT2D eigenvalue weighted by atomic mass is 19.4. The van der Waals surface area contributed by atoms with Gasteiger partial charge in [-0.1, -0.05) is 30.3 Å². The van der Waals surface area contributed by atoms with Crippen molar-refractivity contribution in [2.24, 2.45) is 7.05 Å². The number of hydrogen-bond donors (Lipinski definition) is 4. The molecule has 0 spiro atoms. The molecule has 1 aromatic carbocycles. The van der Waals surface area contributed by atoms with Crippen molar-refractivity contribution in [3.05, 3.63) is 72.1 Å². The zero-order valence-corrected chi connectivity index (χ0v) is 22.4. The summed E-state index contributed by atoms with van der Waals surface area (Å²) in [6.07, 6.45) is -1.25. The summed E-state index contributed by atoms with van der Waals surface area (Å²) in [6.45, 7) is 0.610. The molecule has 5 aromatic rings. The third-order valence-electron chi connectivity index (χ3n) is 6.38. The van der Waals surface area contributed by atoms with Gasteiger partial charge in [0.2, 0.25) is 0 Å². The average Bonchev–Trinajstić information content (AvgIpc) is 3.54. The van der Waals surface area contributed by atoms with E-state index >= 15 is 0 Å². The lowest BCUT2D eigenvalue weighted by atomic mass is 10.1. The van der Waals surface area contributed by atoms with Gasteiger partial charge < -0.3 is 34.6 Å². The summed E-state index contributed by atoms with van der Waals surface area (Å²) in [7, 11) is 5.17. The molecule has 0 amide bonds. The fourth-order valence-electron chi connectivity index (χ4n) is 4.34. The number of rotatable bonds is 8. The van der Waals surface area contributed by atoms with Crippen LogP contribution >= 0.6 is 0 Å². The Hall–Kier alpha value is -4.62. The first kappa shape index (κ1) is 29.4. The van der Waals surface area contributed by atoms with Crippen LogP contribution in [0.4, 0.5) is 13.2 Å². The fraction of sp³-hybridized carbons (Fsp3) is 0.250. The van der Waals surface area contributed by atoms with Gasteiger partial charge in [-0.05, 0) is 23.3 Å². The number of aliphatic hydroxyl groups is 1. The van der Waals surface area contributed by atoms with E-state index in [2.05, 4.69) is 21.4 Å². The van der Waals surface area contributed by atoms with Gasteiger partial charge in [-0.3, -0.25) is 0 Å². The molecule has 1 atom stereocenters. The number of nitrogens with one attached hydrogen (secondary N) is 2. The highest BCUT2D eigenvalue weighted by molar-refractivity contribution is 5.96. The number of carbonyl (C=O) groups is 1. The number of pyridine rings is 2. The third kappa shape index (κ3) is 6.42. The molecule has 0 fully saturated rings. The smallest absolute Gasteiger partial charge is 0.490 e. The second-order valence-electron chi connectivity index (χ2n) is 8.97. The maximum absolute atomic E-state index is 10.6. The van der Waals surface area contributed by atoms with Crippen molar-refractivity contribution in [3.63, 3.8) is 0 Å². The van der Waals surface area contributed by atoms with E-state index in [1.54, 1.807) is 20.4 Å². The van der Waals surface area contributed by atoms with Gasteiger partial charge >= 0.3 is 12.1 Å². The van der Waals surface area contributed by atoms with E-state index in [-0.39, 0.29) is 12.6 Å². The van der Waals surface area contributed by atoms with Crippen LogP contribution in [-0.4, -0.2) is 62.7 Å². The van der Waals surface area contributed by atoms with Gasteiger partial charge in [-0.15, -0.1) is 0 Å². The largest absolute Gasteiger partial charge is 0.491 e. The Bertz CT molecular complexity index is 1650. The molecule has 216 valence electrons. The number of H-pyrrole nitrogens is 1. The Morgan fingerprint density at radius 2 is 1.85 bits per heavy atom. The number of benzene rings is 1. The van der Waals surface area contributed by atoms with Crippen LogP contribution in [0.15, 0.2) is 60.9 Å². The lowest BCUT2D eigenvalue weighted by molar-refractivity contribution is -0.192. The number of aryl methyl sites for hydroxylation is 1. The van der Waals surface area contributed by atoms with Gasteiger partial charge in [-0.2, -0.15) is 13.2 Å². The maximum Gasteiger partial charge on any atom is 0.490 e. The maximum atomic E-state index is 10.6. The molecule has 1 unspecified atom stereocenters. The number of alkyl halides is 3. The molecule has 0 saturated heterocycles. The van der Waals surface area contributed by atoms with E-state index in [1.165, 1.54) is 0 Å². The number of aliphatic carboxylic acids is 1. The zero-order valence-electron chi connectivity index (χ0n) is 22.4. The Morgan fingerprint density at radius 1 is 1.15 bits per heavy atom. The summed E-state index contributed by atoms with van der Waals surface area (Å²) < 4.78 is 44.6. The summed E-state index contributed by atoms with van der Waals surface area (Å²) in [4.78, 5) is 21.6. The average molecular weight is 572 g/mol. The number of ether oxygens (including phenoxy) is 2. The Labute approximate surface area is 232 Å². The number of nitrogens with zero attached hydrogens (tertiary/aromatic N) is 3. The number of fused-ring (bicyclic) bond motifs is 2. The minimum absolute atomic E-state index is 0.0175. The van der Waals surface area contributed by atoms with Crippen molar-refractivity contribution in [2.45, 2.75) is 18.8 Å². The summed E-state index contributed by atoms with van der Waals surface area (Å²) in [6, 6.07) is 15.8. The van der Waals surface area contributed by atoms with Crippen molar-refractivity contribution in [1.82, 2.24) is 24.8 Å². The van der Waals surface area contributed by atoms with E-state index < -0.39 is 12.1 Å². The minimum atomic E-state index is -5.08. The fourth-order valence-corrected chi connectivity index (χ4v) is 4.34. The second-order valence-corrected chi connectivity index (χ2v) is 8.97. The van der Waals surface area contributed by atoms with Gasteiger partial charge in [0.1, 0.15) is 11.2 Å². The molecule has 5 rings (SSSR count). The molecule has 4 heterocycles.